The molecular formula is C19H26ClN3O2. The number of piperidine rings is 1. The van der Waals surface area contributed by atoms with E-state index in [9.17, 15) is 4.79 Å². The minimum Gasteiger partial charge on any atom is -0.492 e. The molecule has 0 aromatic heterocycles. The van der Waals surface area contributed by atoms with Crippen molar-refractivity contribution in [2.75, 3.05) is 26.2 Å². The lowest BCUT2D eigenvalue weighted by Crippen LogP contribution is -2.36. The Labute approximate surface area is 154 Å². The maximum absolute atomic E-state index is 10.6. The maximum Gasteiger partial charge on any atom is 0.211 e. The average Bonchev–Trinajstić information content (AvgIpc) is 2.64. The highest BCUT2D eigenvalue weighted by molar-refractivity contribution is 6.32. The number of nitrogens with zero attached hydrogens (tertiary/aromatic N) is 2. The molecule has 1 aromatic carbocycles. The van der Waals surface area contributed by atoms with Gasteiger partial charge in [0.25, 0.3) is 0 Å². The molecule has 25 heavy (non-hydrogen) atoms. The van der Waals surface area contributed by atoms with Gasteiger partial charge in [-0.2, -0.15) is 0 Å². The fraction of sp³-hybridized carbons (Fsp3) is 0.474. The van der Waals surface area contributed by atoms with Gasteiger partial charge in [0.2, 0.25) is 6.41 Å². The monoisotopic (exact) mass is 363 g/mol. The number of para-hydroxylation sites is 1. The van der Waals surface area contributed by atoms with Gasteiger partial charge in [-0.15, -0.1) is 0 Å². The van der Waals surface area contributed by atoms with Crippen LogP contribution in [-0.4, -0.2) is 43.8 Å². The van der Waals surface area contributed by atoms with Crippen molar-refractivity contribution < 1.29 is 9.53 Å². The molecule has 0 aliphatic carbocycles. The van der Waals surface area contributed by atoms with Crippen LogP contribution < -0.4 is 10.1 Å². The lowest BCUT2D eigenvalue weighted by Gasteiger charge is -2.32. The minimum atomic E-state index is 0.556. The Morgan fingerprint density at radius 3 is 2.84 bits per heavy atom. The van der Waals surface area contributed by atoms with Gasteiger partial charge in [-0.3, -0.25) is 9.79 Å². The second-order valence-corrected chi connectivity index (χ2v) is 6.51. The topological polar surface area (TPSA) is 53.9 Å². The number of carbonyl (C=O) groups is 1. The summed E-state index contributed by atoms with van der Waals surface area (Å²) in [6, 6.07) is 7.59. The Balaban J connectivity index is 1.70. The largest absolute Gasteiger partial charge is 0.492 e. The minimum absolute atomic E-state index is 0.556. The summed E-state index contributed by atoms with van der Waals surface area (Å²) in [6.45, 7) is 5.57. The zero-order valence-corrected chi connectivity index (χ0v) is 15.4. The van der Waals surface area contributed by atoms with Crippen LogP contribution in [0.5, 0.6) is 5.75 Å². The number of rotatable bonds is 9. The van der Waals surface area contributed by atoms with Gasteiger partial charge in [-0.25, -0.2) is 0 Å². The highest BCUT2D eigenvalue weighted by atomic mass is 35.5. The summed E-state index contributed by atoms with van der Waals surface area (Å²) >= 11 is 6.12. The number of carbonyl (C=O) groups excluding carboxylic acids is 1. The Kier molecular flexibility index (Phi) is 8.49. The molecule has 2 rings (SSSR count). The van der Waals surface area contributed by atoms with Gasteiger partial charge in [-0.1, -0.05) is 23.7 Å². The van der Waals surface area contributed by atoms with E-state index < -0.39 is 0 Å². The first-order valence-electron chi connectivity index (χ1n) is 8.69. The molecule has 0 spiro atoms. The van der Waals surface area contributed by atoms with Crippen molar-refractivity contribution >= 4 is 24.2 Å². The molecule has 0 unspecified atom stereocenters. The van der Waals surface area contributed by atoms with Crippen LogP contribution in [0.15, 0.2) is 41.2 Å². The molecule has 1 amide bonds. The van der Waals surface area contributed by atoms with E-state index in [-0.39, 0.29) is 0 Å². The van der Waals surface area contributed by atoms with Gasteiger partial charge in [0.1, 0.15) is 5.75 Å². The number of hydrogen-bond acceptors (Lipinski definition) is 4. The predicted octanol–water partition coefficient (Wildman–Crippen LogP) is 3.50. The molecule has 1 N–H and O–H groups in total. The van der Waals surface area contributed by atoms with E-state index in [2.05, 4.69) is 15.2 Å². The summed E-state index contributed by atoms with van der Waals surface area (Å²) in [5, 5.41) is 3.38. The second-order valence-electron chi connectivity index (χ2n) is 6.10. The predicted molar refractivity (Wildman–Crippen MR) is 102 cm³/mol. The molecule has 0 radical (unpaired) electrons. The van der Waals surface area contributed by atoms with Crippen LogP contribution in [0.2, 0.25) is 5.02 Å². The number of aliphatic imine (C=N–C) groups is 1. The Hall–Kier alpha value is -1.85. The van der Waals surface area contributed by atoms with Crippen molar-refractivity contribution in [3.8, 4) is 5.75 Å². The highest BCUT2D eigenvalue weighted by Gasteiger charge is 2.20. The van der Waals surface area contributed by atoms with E-state index in [1.165, 1.54) is 0 Å². The van der Waals surface area contributed by atoms with Gasteiger partial charge in [0.15, 0.2) is 0 Å². The number of ether oxygens (including phenoxy) is 1. The Morgan fingerprint density at radius 1 is 1.40 bits per heavy atom. The Morgan fingerprint density at radius 2 is 2.16 bits per heavy atom. The van der Waals surface area contributed by atoms with Crippen LogP contribution >= 0.6 is 11.6 Å². The van der Waals surface area contributed by atoms with E-state index in [0.717, 1.165) is 50.3 Å². The fourth-order valence-corrected chi connectivity index (χ4v) is 3.03. The van der Waals surface area contributed by atoms with E-state index in [0.29, 0.717) is 24.0 Å². The fourth-order valence-electron chi connectivity index (χ4n) is 2.84. The Bertz CT molecular complexity index is 596. The third kappa shape index (κ3) is 6.88. The molecule has 1 aliphatic heterocycles. The van der Waals surface area contributed by atoms with Crippen molar-refractivity contribution in [2.24, 2.45) is 10.9 Å². The second kappa shape index (κ2) is 10.9. The quantitative estimate of drug-likeness (QED) is 0.539. The lowest BCUT2D eigenvalue weighted by atomic mass is 9.97. The van der Waals surface area contributed by atoms with Crippen LogP contribution in [0.4, 0.5) is 0 Å². The van der Waals surface area contributed by atoms with E-state index in [1.54, 1.807) is 12.4 Å². The van der Waals surface area contributed by atoms with Gasteiger partial charge in [-0.05, 0) is 50.9 Å². The van der Waals surface area contributed by atoms with Gasteiger partial charge < -0.3 is 15.0 Å². The van der Waals surface area contributed by atoms with Crippen LogP contribution in [0, 0.1) is 5.92 Å². The molecule has 1 heterocycles. The standard InChI is InChI=1S/C19H26ClN3O2/c1-2-21-13-17(22-15-24)9-12-23-10-7-16(8-11-23)14-25-19-6-4-3-5-18(19)20/h2-6,13,15-16H,7-12,14H2,1H3,(H,22,24)/b17-13-,21-2?. The smallest absolute Gasteiger partial charge is 0.211 e. The van der Waals surface area contributed by atoms with Crippen LogP contribution in [-0.2, 0) is 4.79 Å². The number of amides is 1. The number of nitrogens with one attached hydrogen (secondary N) is 1. The summed E-state index contributed by atoms with van der Waals surface area (Å²) in [6.07, 6.45) is 7.12. The normalized spacial score (nSPS) is 17.0. The summed E-state index contributed by atoms with van der Waals surface area (Å²) in [5.41, 5.74) is 0.845. The molecule has 0 bridgehead atoms. The van der Waals surface area contributed by atoms with Crippen molar-refractivity contribution in [3.05, 3.63) is 41.2 Å². The molecule has 1 saturated heterocycles. The zero-order chi connectivity index (χ0) is 17.9. The maximum atomic E-state index is 10.6. The first-order chi connectivity index (χ1) is 12.2. The summed E-state index contributed by atoms with van der Waals surface area (Å²) in [5.74, 6) is 1.32. The van der Waals surface area contributed by atoms with Crippen LogP contribution in [0.25, 0.3) is 0 Å². The highest BCUT2D eigenvalue weighted by Crippen LogP contribution is 2.25. The zero-order valence-electron chi connectivity index (χ0n) is 14.7. The molecule has 5 nitrogen and oxygen atoms in total. The molecule has 0 atom stereocenters. The molecule has 6 heteroatoms. The van der Waals surface area contributed by atoms with E-state index in [4.69, 9.17) is 16.3 Å². The average molecular weight is 364 g/mol. The van der Waals surface area contributed by atoms with E-state index in [1.807, 2.05) is 31.2 Å². The third-order valence-electron chi connectivity index (χ3n) is 4.34. The van der Waals surface area contributed by atoms with Gasteiger partial charge in [0.05, 0.1) is 11.6 Å². The molecule has 1 fully saturated rings. The van der Waals surface area contributed by atoms with Gasteiger partial charge in [0, 0.05) is 31.1 Å². The molecule has 0 saturated carbocycles. The first-order valence-corrected chi connectivity index (χ1v) is 9.07. The molecule has 136 valence electrons. The summed E-state index contributed by atoms with van der Waals surface area (Å²) < 4.78 is 5.86. The van der Waals surface area contributed by atoms with Crippen molar-refractivity contribution in [2.45, 2.75) is 26.2 Å². The molecule has 1 aromatic rings. The van der Waals surface area contributed by atoms with Crippen molar-refractivity contribution in [1.29, 1.82) is 0 Å². The molecule has 1 aliphatic rings. The first kappa shape index (κ1) is 19.5. The number of likely N-dealkylation sites (tertiary alicyclic amines) is 1. The number of benzene rings is 1. The van der Waals surface area contributed by atoms with Gasteiger partial charge >= 0.3 is 0 Å². The summed E-state index contributed by atoms with van der Waals surface area (Å²) in [4.78, 5) is 17.1. The number of hydrogen-bond donors (Lipinski definition) is 1. The van der Waals surface area contributed by atoms with Crippen molar-refractivity contribution in [3.63, 3.8) is 0 Å². The SMILES string of the molecule is CC=N/C=C(/CCN1CCC(COc2ccccc2Cl)CC1)NC=O. The lowest BCUT2D eigenvalue weighted by molar-refractivity contribution is -0.109. The van der Waals surface area contributed by atoms with Crippen LogP contribution in [0.1, 0.15) is 26.2 Å². The van der Waals surface area contributed by atoms with E-state index >= 15 is 0 Å². The van der Waals surface area contributed by atoms with Crippen LogP contribution in [0.3, 0.4) is 0 Å². The molecular weight excluding hydrogens is 338 g/mol. The number of halogens is 1. The third-order valence-corrected chi connectivity index (χ3v) is 4.65. The van der Waals surface area contributed by atoms with Crippen molar-refractivity contribution in [1.82, 2.24) is 10.2 Å². The summed E-state index contributed by atoms with van der Waals surface area (Å²) in [7, 11) is 0.